The lowest BCUT2D eigenvalue weighted by atomic mass is 9.91. The van der Waals surface area contributed by atoms with E-state index < -0.39 is 0 Å². The summed E-state index contributed by atoms with van der Waals surface area (Å²) in [5.74, 6) is 0. The number of aryl methyl sites for hydroxylation is 4. The molecule has 8 rings (SSSR count). The van der Waals surface area contributed by atoms with Gasteiger partial charge in [-0.2, -0.15) is 0 Å². The molecule has 0 saturated heterocycles. The van der Waals surface area contributed by atoms with Crippen LogP contribution in [0, 0.1) is 0 Å². The standard InChI is InChI=1S/C34H36N4/c1-5-27-21-31(22-28-6-2-14-37(13-1)33(27)28)35-17-9-25(10-18-35)26-11-19-36(20-12-26)32-23-29-7-3-15-38-16-4-8-30(24-32)34(29)38/h9-12,17-24H,1-8,13-16H2. The number of anilines is 4. The quantitative estimate of drug-likeness (QED) is 0.451. The molecule has 2 aromatic carbocycles. The Balaban J connectivity index is 1.02. The second-order valence-electron chi connectivity index (χ2n) is 11.6. The van der Waals surface area contributed by atoms with Crippen molar-refractivity contribution in [1.82, 2.24) is 0 Å². The Labute approximate surface area is 226 Å². The highest BCUT2D eigenvalue weighted by Gasteiger charge is 2.26. The highest BCUT2D eigenvalue weighted by atomic mass is 15.2. The second kappa shape index (κ2) is 8.97. The summed E-state index contributed by atoms with van der Waals surface area (Å²) in [6.07, 6.45) is 27.9. The minimum absolute atomic E-state index is 1.21. The van der Waals surface area contributed by atoms with E-state index in [2.05, 4.69) is 93.0 Å². The highest BCUT2D eigenvalue weighted by molar-refractivity contribution is 5.73. The number of rotatable bonds is 2. The average Bonchev–Trinajstić information content (AvgIpc) is 2.98. The van der Waals surface area contributed by atoms with Gasteiger partial charge < -0.3 is 19.6 Å². The topological polar surface area (TPSA) is 13.0 Å². The van der Waals surface area contributed by atoms with Crippen LogP contribution in [0.25, 0.3) is 0 Å². The minimum Gasteiger partial charge on any atom is -0.371 e. The van der Waals surface area contributed by atoms with Crippen molar-refractivity contribution in [1.29, 1.82) is 0 Å². The maximum atomic E-state index is 2.62. The van der Waals surface area contributed by atoms with Gasteiger partial charge in [0, 0.05) is 73.7 Å². The molecular weight excluding hydrogens is 464 g/mol. The van der Waals surface area contributed by atoms with Crippen LogP contribution in [0.1, 0.15) is 47.9 Å². The molecule has 0 bridgehead atoms. The minimum atomic E-state index is 1.21. The van der Waals surface area contributed by atoms with Gasteiger partial charge in [0.15, 0.2) is 0 Å². The SMILES string of the molecule is C1=CN(c2cc3c4c(c2)CCCN4CCC3)C=CC1=C1C=CN(c2cc3c4c(c2)CCCN4CCC3)C=C1. The van der Waals surface area contributed by atoms with Gasteiger partial charge >= 0.3 is 0 Å². The number of hydrogen-bond donors (Lipinski definition) is 0. The van der Waals surface area contributed by atoms with Crippen molar-refractivity contribution in [2.45, 2.75) is 51.4 Å². The molecule has 0 aliphatic carbocycles. The average molecular weight is 501 g/mol. The molecule has 2 aromatic rings. The van der Waals surface area contributed by atoms with E-state index in [9.17, 15) is 0 Å². The lowest BCUT2D eigenvalue weighted by Gasteiger charge is -2.38. The Morgan fingerprint density at radius 1 is 0.421 bits per heavy atom. The first-order valence-corrected chi connectivity index (χ1v) is 14.7. The van der Waals surface area contributed by atoms with Crippen molar-refractivity contribution in [3.8, 4) is 0 Å². The smallest absolute Gasteiger partial charge is 0.0456 e. The van der Waals surface area contributed by atoms with Gasteiger partial charge in [-0.1, -0.05) is 0 Å². The van der Waals surface area contributed by atoms with E-state index in [1.54, 1.807) is 11.4 Å². The van der Waals surface area contributed by atoms with Gasteiger partial charge in [-0.15, -0.1) is 0 Å². The third-order valence-electron chi connectivity index (χ3n) is 9.22. The maximum Gasteiger partial charge on any atom is 0.0456 e. The number of allylic oxidation sites excluding steroid dienone is 6. The molecule has 0 radical (unpaired) electrons. The third kappa shape index (κ3) is 3.73. The van der Waals surface area contributed by atoms with E-state index in [-0.39, 0.29) is 0 Å². The zero-order chi connectivity index (χ0) is 25.1. The molecule has 6 aliphatic rings. The van der Waals surface area contributed by atoms with Crippen LogP contribution in [0.5, 0.6) is 0 Å². The van der Waals surface area contributed by atoms with Crippen LogP contribution < -0.4 is 19.6 Å². The first-order valence-electron chi connectivity index (χ1n) is 14.7. The summed E-state index contributed by atoms with van der Waals surface area (Å²) in [7, 11) is 0. The summed E-state index contributed by atoms with van der Waals surface area (Å²) in [5.41, 5.74) is 14.4. The van der Waals surface area contributed by atoms with Gasteiger partial charge in [0.05, 0.1) is 0 Å². The van der Waals surface area contributed by atoms with Gasteiger partial charge in [0.1, 0.15) is 0 Å². The Morgan fingerprint density at radius 3 is 1.05 bits per heavy atom. The molecule has 0 spiro atoms. The highest BCUT2D eigenvalue weighted by Crippen LogP contribution is 2.40. The fraction of sp³-hybridized carbons (Fsp3) is 0.353. The van der Waals surface area contributed by atoms with Crippen molar-refractivity contribution >= 4 is 22.7 Å². The van der Waals surface area contributed by atoms with Crippen molar-refractivity contribution in [2.75, 3.05) is 45.8 Å². The van der Waals surface area contributed by atoms with Crippen molar-refractivity contribution in [2.24, 2.45) is 0 Å². The van der Waals surface area contributed by atoms with Gasteiger partial charge in [-0.3, -0.25) is 0 Å². The number of nitrogens with zero attached hydrogens (tertiary/aromatic N) is 4. The fourth-order valence-corrected chi connectivity index (χ4v) is 7.45. The first-order chi connectivity index (χ1) is 18.8. The Morgan fingerprint density at radius 2 is 0.737 bits per heavy atom. The molecule has 192 valence electrons. The molecule has 6 aliphatic heterocycles. The molecule has 38 heavy (non-hydrogen) atoms. The van der Waals surface area contributed by atoms with Crippen molar-refractivity contribution in [3.63, 3.8) is 0 Å². The van der Waals surface area contributed by atoms with Crippen LogP contribution in [0.3, 0.4) is 0 Å². The molecule has 0 amide bonds. The van der Waals surface area contributed by atoms with Crippen LogP contribution in [0.4, 0.5) is 22.7 Å². The summed E-state index contributed by atoms with van der Waals surface area (Å²) in [6, 6.07) is 9.69. The van der Waals surface area contributed by atoms with Gasteiger partial charge in [0.25, 0.3) is 0 Å². The summed E-state index contributed by atoms with van der Waals surface area (Å²) >= 11 is 0. The molecule has 0 N–H and O–H groups in total. The molecule has 0 saturated carbocycles. The van der Waals surface area contributed by atoms with Crippen LogP contribution in [0.2, 0.25) is 0 Å². The van der Waals surface area contributed by atoms with Crippen molar-refractivity contribution in [3.05, 3.63) is 107 Å². The zero-order valence-corrected chi connectivity index (χ0v) is 22.2. The van der Waals surface area contributed by atoms with Gasteiger partial charge in [-0.05, 0) is 133 Å². The normalized spacial score (nSPS) is 21.3. The lowest BCUT2D eigenvalue weighted by molar-refractivity contribution is 0.634. The molecule has 4 heteroatoms. The van der Waals surface area contributed by atoms with Crippen molar-refractivity contribution < 1.29 is 0 Å². The summed E-state index contributed by atoms with van der Waals surface area (Å²) in [4.78, 5) is 9.81. The van der Waals surface area contributed by atoms with Crippen LogP contribution in [-0.4, -0.2) is 26.2 Å². The molecule has 4 nitrogen and oxygen atoms in total. The Hall–Kier alpha value is -3.66. The molecule has 0 unspecified atom stereocenters. The molecule has 0 fully saturated rings. The summed E-state index contributed by atoms with van der Waals surface area (Å²) in [6.45, 7) is 4.91. The Bertz CT molecular complexity index is 1250. The molecular formula is C34H36N4. The summed E-state index contributed by atoms with van der Waals surface area (Å²) < 4.78 is 0. The van der Waals surface area contributed by atoms with Crippen LogP contribution >= 0.6 is 0 Å². The van der Waals surface area contributed by atoms with E-state index in [0.717, 1.165) is 0 Å². The van der Waals surface area contributed by atoms with E-state index >= 15 is 0 Å². The molecule has 0 atom stereocenters. The zero-order valence-electron chi connectivity index (χ0n) is 22.2. The molecule has 6 heterocycles. The third-order valence-corrected chi connectivity index (χ3v) is 9.22. The fourth-order valence-electron chi connectivity index (χ4n) is 7.45. The van der Waals surface area contributed by atoms with Crippen LogP contribution in [-0.2, 0) is 25.7 Å². The van der Waals surface area contributed by atoms with E-state index in [1.807, 2.05) is 0 Å². The predicted octanol–water partition coefficient (Wildman–Crippen LogP) is 6.78. The first kappa shape index (κ1) is 22.3. The lowest BCUT2D eigenvalue weighted by Crippen LogP contribution is -2.34. The largest absolute Gasteiger partial charge is 0.371 e. The summed E-state index contributed by atoms with van der Waals surface area (Å²) in [5, 5.41) is 0. The van der Waals surface area contributed by atoms with E-state index in [4.69, 9.17) is 0 Å². The monoisotopic (exact) mass is 500 g/mol. The molecule has 0 aromatic heterocycles. The Kier molecular flexibility index (Phi) is 5.27. The van der Waals surface area contributed by atoms with Crippen LogP contribution in [0.15, 0.2) is 84.5 Å². The van der Waals surface area contributed by atoms with Gasteiger partial charge in [-0.25, -0.2) is 0 Å². The maximum absolute atomic E-state index is 2.62. The van der Waals surface area contributed by atoms with E-state index in [0.29, 0.717) is 0 Å². The van der Waals surface area contributed by atoms with E-state index in [1.165, 1.54) is 122 Å². The number of benzene rings is 2. The predicted molar refractivity (Wildman–Crippen MR) is 159 cm³/mol. The number of hydrogen-bond acceptors (Lipinski definition) is 4. The van der Waals surface area contributed by atoms with Gasteiger partial charge in [0.2, 0.25) is 0 Å². The second-order valence-corrected chi connectivity index (χ2v) is 11.6.